The monoisotopic (exact) mass is 891 g/mol. The van der Waals surface area contributed by atoms with Gasteiger partial charge in [0.2, 0.25) is 0 Å². The molecule has 0 bridgehead atoms. The summed E-state index contributed by atoms with van der Waals surface area (Å²) in [7, 11) is 0. The lowest BCUT2D eigenvalue weighted by Gasteiger charge is -2.24. The number of oxazole rings is 1. The van der Waals surface area contributed by atoms with Crippen LogP contribution in [0.15, 0.2) is 229 Å². The minimum Gasteiger partial charge on any atom is -0.423 e. The summed E-state index contributed by atoms with van der Waals surface area (Å²) >= 11 is 0. The summed E-state index contributed by atoms with van der Waals surface area (Å²) in [5.74, 6) is 1.26. The van der Waals surface area contributed by atoms with Gasteiger partial charge >= 0.3 is 5.84 Å². The van der Waals surface area contributed by atoms with Gasteiger partial charge in [-0.1, -0.05) is 164 Å². The van der Waals surface area contributed by atoms with Crippen molar-refractivity contribution in [2.45, 2.75) is 0 Å². The molecule has 0 amide bonds. The maximum atomic E-state index is 6.24. The lowest BCUT2D eigenvalue weighted by molar-refractivity contribution is 0.643. The number of aromatic nitrogens is 5. The lowest BCUT2D eigenvalue weighted by atomic mass is 9.79. The van der Waals surface area contributed by atoms with Crippen LogP contribution in [0.1, 0.15) is 0 Å². The fourth-order valence-corrected chi connectivity index (χ4v) is 11.2. The summed E-state index contributed by atoms with van der Waals surface area (Å²) in [4.78, 5) is 20.3. The molecule has 70 heavy (non-hydrogen) atoms. The van der Waals surface area contributed by atoms with Gasteiger partial charge in [0.1, 0.15) is 5.52 Å². The van der Waals surface area contributed by atoms with Crippen molar-refractivity contribution >= 4 is 28.0 Å². The first kappa shape index (κ1) is 38.6. The van der Waals surface area contributed by atoms with E-state index < -0.39 is 0 Å². The van der Waals surface area contributed by atoms with Crippen LogP contribution in [0.2, 0.25) is 0 Å². The topological polar surface area (TPSA) is 69.1 Å². The van der Waals surface area contributed by atoms with Gasteiger partial charge in [0.05, 0.1) is 22.4 Å². The summed E-state index contributed by atoms with van der Waals surface area (Å²) in [6.07, 6.45) is 3.77. The average Bonchev–Trinajstić information content (AvgIpc) is 3.99. The van der Waals surface area contributed by atoms with Gasteiger partial charge in [-0.05, 0) is 126 Å². The van der Waals surface area contributed by atoms with E-state index in [4.69, 9.17) is 24.4 Å². The van der Waals surface area contributed by atoms with Crippen molar-refractivity contribution in [3.05, 3.63) is 225 Å². The molecule has 0 radical (unpaired) electrons. The highest BCUT2D eigenvalue weighted by molar-refractivity contribution is 6.07. The number of fused-ring (bicyclic) bond motifs is 21. The maximum absolute atomic E-state index is 6.24. The van der Waals surface area contributed by atoms with E-state index in [1.54, 1.807) is 0 Å². The lowest BCUT2D eigenvalue weighted by Crippen LogP contribution is -2.00. The Balaban J connectivity index is 0.874. The van der Waals surface area contributed by atoms with Gasteiger partial charge in [-0.25, -0.2) is 9.97 Å². The predicted octanol–water partition coefficient (Wildman–Crippen LogP) is 16.4. The molecule has 0 spiro atoms. The second-order valence-corrected chi connectivity index (χ2v) is 18.1. The molecule has 324 valence electrons. The van der Waals surface area contributed by atoms with Gasteiger partial charge in [0.25, 0.3) is 0 Å². The van der Waals surface area contributed by atoms with E-state index in [1.807, 2.05) is 42.7 Å². The van der Waals surface area contributed by atoms with Crippen molar-refractivity contribution < 1.29 is 4.42 Å². The molecule has 15 rings (SSSR count). The van der Waals surface area contributed by atoms with Crippen LogP contribution in [0.5, 0.6) is 0 Å². The van der Waals surface area contributed by atoms with E-state index in [9.17, 15) is 0 Å². The summed E-state index contributed by atoms with van der Waals surface area (Å²) in [6, 6.07) is 75.9. The Hall–Kier alpha value is -9.52. The SMILES string of the molecule is c1ccc2c(c1)-c1ccccc1-c1cc(-c3cccc4c3nc3oc5ccccc5n34)ccc1-c1ccc(-c3ccnc(-c4ccc5c(c4)-c4ccccc4-c4ccccc4-c4ncccc4-5)n3)cc1-2. The molecule has 2 aliphatic carbocycles. The van der Waals surface area contributed by atoms with Crippen LogP contribution in [0.25, 0.3) is 151 Å². The van der Waals surface area contributed by atoms with Crippen molar-refractivity contribution in [3.8, 4) is 123 Å². The van der Waals surface area contributed by atoms with Crippen LogP contribution < -0.4 is 0 Å². The highest BCUT2D eigenvalue weighted by atomic mass is 16.4. The molecule has 13 aromatic rings. The Morgan fingerprint density at radius 2 is 0.800 bits per heavy atom. The van der Waals surface area contributed by atoms with Crippen LogP contribution in [0, 0.1) is 0 Å². The van der Waals surface area contributed by atoms with Gasteiger partial charge in [0, 0.05) is 40.2 Å². The normalized spacial score (nSPS) is 12.0. The molecule has 0 atom stereocenters. The first-order valence-corrected chi connectivity index (χ1v) is 23.6. The average molecular weight is 892 g/mol. The summed E-state index contributed by atoms with van der Waals surface area (Å²) in [6.45, 7) is 0. The fraction of sp³-hybridized carbons (Fsp3) is 0. The van der Waals surface area contributed by atoms with Crippen LogP contribution in [-0.4, -0.2) is 24.3 Å². The van der Waals surface area contributed by atoms with Crippen LogP contribution in [0.3, 0.4) is 0 Å². The third-order valence-electron chi connectivity index (χ3n) is 14.3. The Bertz CT molecular complexity index is 4320. The van der Waals surface area contributed by atoms with Crippen molar-refractivity contribution in [1.82, 2.24) is 24.3 Å². The first-order chi connectivity index (χ1) is 34.7. The van der Waals surface area contributed by atoms with Crippen LogP contribution >= 0.6 is 0 Å². The van der Waals surface area contributed by atoms with Crippen LogP contribution in [0.4, 0.5) is 0 Å². The molecule has 6 nitrogen and oxygen atoms in total. The zero-order chi connectivity index (χ0) is 45.9. The number of para-hydroxylation sites is 3. The van der Waals surface area contributed by atoms with E-state index in [-0.39, 0.29) is 0 Å². The molecule has 4 aromatic heterocycles. The van der Waals surface area contributed by atoms with Gasteiger partial charge < -0.3 is 4.42 Å². The van der Waals surface area contributed by atoms with Crippen molar-refractivity contribution in [2.75, 3.05) is 0 Å². The van der Waals surface area contributed by atoms with Crippen molar-refractivity contribution in [2.24, 2.45) is 0 Å². The number of hydrogen-bond acceptors (Lipinski definition) is 5. The largest absolute Gasteiger partial charge is 0.423 e. The minimum atomic E-state index is 0.590. The number of pyridine rings is 1. The molecule has 0 saturated carbocycles. The fourth-order valence-electron chi connectivity index (χ4n) is 11.2. The molecule has 0 aliphatic heterocycles. The molecule has 0 saturated heterocycles. The van der Waals surface area contributed by atoms with Gasteiger partial charge in [-0.15, -0.1) is 0 Å². The third kappa shape index (κ3) is 5.74. The smallest absolute Gasteiger partial charge is 0.307 e. The highest BCUT2D eigenvalue weighted by Crippen LogP contribution is 2.51. The Labute approximate surface area is 402 Å². The first-order valence-electron chi connectivity index (χ1n) is 23.6. The van der Waals surface area contributed by atoms with E-state index in [2.05, 4.69) is 186 Å². The van der Waals surface area contributed by atoms with E-state index in [0.29, 0.717) is 11.7 Å². The summed E-state index contributed by atoms with van der Waals surface area (Å²) in [5.41, 5.74) is 27.0. The van der Waals surface area contributed by atoms with Crippen molar-refractivity contribution in [1.29, 1.82) is 0 Å². The Morgan fingerprint density at radius 1 is 0.314 bits per heavy atom. The zero-order valence-corrected chi connectivity index (χ0v) is 37.5. The molecule has 0 fully saturated rings. The van der Waals surface area contributed by atoms with Crippen LogP contribution in [-0.2, 0) is 0 Å². The quantitative estimate of drug-likeness (QED) is 0.177. The molecule has 4 heterocycles. The summed E-state index contributed by atoms with van der Waals surface area (Å²) in [5, 5.41) is 0. The van der Waals surface area contributed by atoms with Gasteiger partial charge in [0.15, 0.2) is 11.4 Å². The highest BCUT2D eigenvalue weighted by Gasteiger charge is 2.26. The van der Waals surface area contributed by atoms with Crippen molar-refractivity contribution in [3.63, 3.8) is 0 Å². The third-order valence-corrected chi connectivity index (χ3v) is 14.3. The second kappa shape index (κ2) is 15.0. The molecule has 9 aromatic carbocycles. The molecule has 2 aliphatic rings. The standard InChI is InChI=1S/C64H37N5O/c1-4-17-46-42(13-1)43-14-2-5-18-47(43)55-36-39(27-30-50(55)49-29-26-38(35-54(46)49)41-21-11-24-59-62(41)68-64-69(59)58-23-9-10-25-60(58)70-64)57-32-34-66-63(67-57)40-28-31-51-53-22-12-33-65-61(53)52-20-8-7-16-45(52)44-15-3-6-19-48(44)56(51)37-40/h1-37H. The number of imidazole rings is 1. The number of benzene rings is 9. The van der Waals surface area contributed by atoms with E-state index >= 15 is 0 Å². The molecule has 6 heteroatoms. The molecular weight excluding hydrogens is 855 g/mol. The molecule has 0 N–H and O–H groups in total. The number of hydrogen-bond donors (Lipinski definition) is 0. The summed E-state index contributed by atoms with van der Waals surface area (Å²) < 4.78 is 8.36. The Morgan fingerprint density at radius 3 is 1.49 bits per heavy atom. The van der Waals surface area contributed by atoms with E-state index in [1.165, 1.54) is 27.8 Å². The van der Waals surface area contributed by atoms with E-state index in [0.717, 1.165) is 111 Å². The second-order valence-electron chi connectivity index (χ2n) is 18.1. The zero-order valence-electron chi connectivity index (χ0n) is 37.5. The van der Waals surface area contributed by atoms with Gasteiger partial charge in [-0.3, -0.25) is 9.38 Å². The van der Waals surface area contributed by atoms with Gasteiger partial charge in [-0.2, -0.15) is 4.98 Å². The molecule has 0 unspecified atom stereocenters. The number of nitrogens with zero attached hydrogens (tertiary/aromatic N) is 5. The molecular formula is C64H37N5O. The number of rotatable bonds is 3. The maximum Gasteiger partial charge on any atom is 0.307 e. The minimum absolute atomic E-state index is 0.590. The Kier molecular flexibility index (Phi) is 8.26. The predicted molar refractivity (Wildman–Crippen MR) is 283 cm³/mol.